The molecule has 0 saturated heterocycles. The standard InChI is InChI=1S/C24H25FN2O4S/c1-4-27(16-18-8-6-5-7-9-18)32(29,30)19-11-12-21(25)20(15-19)24(28)26-22-14-17(2)10-13-23(22)31-3/h5-15H,4,16H2,1-3H3,(H,26,28). The number of benzene rings is 3. The van der Waals surface area contributed by atoms with Gasteiger partial charge in [-0.05, 0) is 48.4 Å². The fourth-order valence-electron chi connectivity index (χ4n) is 3.25. The number of nitrogens with one attached hydrogen (secondary N) is 1. The third kappa shape index (κ3) is 5.15. The summed E-state index contributed by atoms with van der Waals surface area (Å²) in [5.41, 5.74) is 1.69. The van der Waals surface area contributed by atoms with Gasteiger partial charge in [0.1, 0.15) is 11.6 Å². The number of hydrogen-bond donors (Lipinski definition) is 1. The van der Waals surface area contributed by atoms with Crippen molar-refractivity contribution in [2.75, 3.05) is 19.0 Å². The number of methoxy groups -OCH3 is 1. The van der Waals surface area contributed by atoms with E-state index in [1.165, 1.54) is 17.5 Å². The summed E-state index contributed by atoms with van der Waals surface area (Å²) in [6.45, 7) is 3.95. The summed E-state index contributed by atoms with van der Waals surface area (Å²) in [5.74, 6) is -1.18. The lowest BCUT2D eigenvalue weighted by molar-refractivity contribution is 0.102. The highest BCUT2D eigenvalue weighted by Gasteiger charge is 2.26. The van der Waals surface area contributed by atoms with E-state index in [4.69, 9.17) is 4.74 Å². The number of hydrogen-bond acceptors (Lipinski definition) is 4. The molecule has 1 N–H and O–H groups in total. The van der Waals surface area contributed by atoms with Crippen LogP contribution in [0.1, 0.15) is 28.4 Å². The van der Waals surface area contributed by atoms with Gasteiger partial charge in [-0.25, -0.2) is 12.8 Å². The highest BCUT2D eigenvalue weighted by atomic mass is 32.2. The van der Waals surface area contributed by atoms with Gasteiger partial charge >= 0.3 is 0 Å². The molecule has 6 nitrogen and oxygen atoms in total. The Morgan fingerprint density at radius 1 is 1.06 bits per heavy atom. The maximum Gasteiger partial charge on any atom is 0.258 e. The Kier molecular flexibility index (Phi) is 7.27. The zero-order valence-corrected chi connectivity index (χ0v) is 18.9. The van der Waals surface area contributed by atoms with Gasteiger partial charge < -0.3 is 10.1 Å². The number of sulfonamides is 1. The SMILES string of the molecule is CCN(Cc1ccccc1)S(=O)(=O)c1ccc(F)c(C(=O)Nc2cc(C)ccc2OC)c1. The molecule has 0 radical (unpaired) electrons. The Morgan fingerprint density at radius 2 is 1.78 bits per heavy atom. The Hall–Kier alpha value is -3.23. The first kappa shape index (κ1) is 23.4. The lowest BCUT2D eigenvalue weighted by Gasteiger charge is -2.21. The second-order valence-corrected chi connectivity index (χ2v) is 9.15. The van der Waals surface area contributed by atoms with Gasteiger partial charge in [-0.3, -0.25) is 4.79 Å². The smallest absolute Gasteiger partial charge is 0.258 e. The first-order valence-corrected chi connectivity index (χ1v) is 11.5. The monoisotopic (exact) mass is 456 g/mol. The van der Waals surface area contributed by atoms with Crippen LogP contribution in [0.2, 0.25) is 0 Å². The fourth-order valence-corrected chi connectivity index (χ4v) is 4.71. The molecule has 3 rings (SSSR count). The molecular formula is C24H25FN2O4S. The van der Waals surface area contributed by atoms with Crippen LogP contribution in [0, 0.1) is 12.7 Å². The van der Waals surface area contributed by atoms with E-state index in [1.54, 1.807) is 19.1 Å². The van der Waals surface area contributed by atoms with Gasteiger partial charge in [0.05, 0.1) is 23.3 Å². The van der Waals surface area contributed by atoms with Crippen molar-refractivity contribution in [1.29, 1.82) is 0 Å². The second-order valence-electron chi connectivity index (χ2n) is 7.22. The van der Waals surface area contributed by atoms with Crippen molar-refractivity contribution >= 4 is 21.6 Å². The molecule has 0 heterocycles. The molecule has 0 fully saturated rings. The molecule has 168 valence electrons. The van der Waals surface area contributed by atoms with Crippen molar-refractivity contribution in [2.45, 2.75) is 25.3 Å². The quantitative estimate of drug-likeness (QED) is 0.537. The summed E-state index contributed by atoms with van der Waals surface area (Å²) >= 11 is 0. The third-order valence-electron chi connectivity index (χ3n) is 4.98. The van der Waals surface area contributed by atoms with Crippen molar-refractivity contribution < 1.29 is 22.3 Å². The average molecular weight is 457 g/mol. The van der Waals surface area contributed by atoms with Crippen molar-refractivity contribution in [1.82, 2.24) is 4.31 Å². The molecule has 0 aromatic heterocycles. The minimum Gasteiger partial charge on any atom is -0.495 e. The molecule has 0 atom stereocenters. The van der Waals surface area contributed by atoms with E-state index in [9.17, 15) is 17.6 Å². The Morgan fingerprint density at radius 3 is 2.44 bits per heavy atom. The summed E-state index contributed by atoms with van der Waals surface area (Å²) in [7, 11) is -2.49. The minimum absolute atomic E-state index is 0.155. The van der Waals surface area contributed by atoms with E-state index in [1.807, 2.05) is 43.3 Å². The van der Waals surface area contributed by atoms with E-state index in [2.05, 4.69) is 5.32 Å². The average Bonchev–Trinajstić information content (AvgIpc) is 2.78. The normalized spacial score (nSPS) is 11.4. The van der Waals surface area contributed by atoms with Gasteiger partial charge in [0.15, 0.2) is 0 Å². The predicted octanol–water partition coefficient (Wildman–Crippen LogP) is 4.61. The Labute approximate surface area is 187 Å². The van der Waals surface area contributed by atoms with Crippen LogP contribution in [0.3, 0.4) is 0 Å². The van der Waals surface area contributed by atoms with Crippen LogP contribution in [0.4, 0.5) is 10.1 Å². The first-order valence-electron chi connectivity index (χ1n) is 10.1. The molecule has 0 aliphatic heterocycles. The molecule has 8 heteroatoms. The lowest BCUT2D eigenvalue weighted by Crippen LogP contribution is -2.30. The van der Waals surface area contributed by atoms with E-state index in [0.29, 0.717) is 11.4 Å². The van der Waals surface area contributed by atoms with Gasteiger partial charge in [-0.1, -0.05) is 43.3 Å². The van der Waals surface area contributed by atoms with Crippen LogP contribution < -0.4 is 10.1 Å². The predicted molar refractivity (Wildman–Crippen MR) is 122 cm³/mol. The van der Waals surface area contributed by atoms with Crippen LogP contribution in [-0.4, -0.2) is 32.3 Å². The van der Waals surface area contributed by atoms with Crippen molar-refractivity contribution in [3.63, 3.8) is 0 Å². The van der Waals surface area contributed by atoms with Gasteiger partial charge in [-0.15, -0.1) is 0 Å². The highest BCUT2D eigenvalue weighted by Crippen LogP contribution is 2.27. The topological polar surface area (TPSA) is 75.7 Å². The number of aryl methyl sites for hydroxylation is 1. The molecule has 0 aliphatic carbocycles. The summed E-state index contributed by atoms with van der Waals surface area (Å²) < 4.78 is 47.4. The summed E-state index contributed by atoms with van der Waals surface area (Å²) in [5, 5.41) is 2.61. The van der Waals surface area contributed by atoms with Crippen molar-refractivity contribution in [2.24, 2.45) is 0 Å². The minimum atomic E-state index is -3.95. The zero-order valence-electron chi connectivity index (χ0n) is 18.1. The molecule has 0 bridgehead atoms. The molecule has 0 unspecified atom stereocenters. The number of nitrogens with zero attached hydrogens (tertiary/aromatic N) is 1. The summed E-state index contributed by atoms with van der Waals surface area (Å²) in [6, 6.07) is 17.6. The van der Waals surface area contributed by atoms with E-state index in [-0.39, 0.29) is 23.5 Å². The molecule has 32 heavy (non-hydrogen) atoms. The number of amides is 1. The summed E-state index contributed by atoms with van der Waals surface area (Å²) in [4.78, 5) is 12.7. The molecule has 3 aromatic carbocycles. The molecular weight excluding hydrogens is 431 g/mol. The maximum atomic E-state index is 14.5. The van der Waals surface area contributed by atoms with Gasteiger partial charge in [0, 0.05) is 13.1 Å². The largest absolute Gasteiger partial charge is 0.495 e. The number of halogens is 1. The summed E-state index contributed by atoms with van der Waals surface area (Å²) in [6.07, 6.45) is 0. The van der Waals surface area contributed by atoms with E-state index < -0.39 is 21.7 Å². The number of rotatable bonds is 8. The first-order chi connectivity index (χ1) is 15.3. The van der Waals surface area contributed by atoms with Crippen LogP contribution in [-0.2, 0) is 16.6 Å². The Balaban J connectivity index is 1.92. The third-order valence-corrected chi connectivity index (χ3v) is 6.89. The van der Waals surface area contributed by atoms with E-state index >= 15 is 0 Å². The van der Waals surface area contributed by atoms with Crippen LogP contribution in [0.25, 0.3) is 0 Å². The molecule has 0 spiro atoms. The highest BCUT2D eigenvalue weighted by molar-refractivity contribution is 7.89. The fraction of sp³-hybridized carbons (Fsp3) is 0.208. The molecule has 0 saturated carbocycles. The molecule has 0 aliphatic rings. The maximum absolute atomic E-state index is 14.5. The molecule has 1 amide bonds. The van der Waals surface area contributed by atoms with Crippen LogP contribution in [0.15, 0.2) is 71.6 Å². The number of anilines is 1. The zero-order chi connectivity index (χ0) is 23.3. The van der Waals surface area contributed by atoms with Crippen molar-refractivity contribution in [3.05, 3.63) is 89.2 Å². The van der Waals surface area contributed by atoms with E-state index in [0.717, 1.165) is 23.3 Å². The number of carbonyl (C=O) groups is 1. The second kappa shape index (κ2) is 9.93. The van der Waals surface area contributed by atoms with Gasteiger partial charge in [0.25, 0.3) is 5.91 Å². The van der Waals surface area contributed by atoms with Crippen molar-refractivity contribution in [3.8, 4) is 5.75 Å². The Bertz CT molecular complexity index is 1210. The molecule has 3 aromatic rings. The van der Waals surface area contributed by atoms with Crippen LogP contribution in [0.5, 0.6) is 5.75 Å². The lowest BCUT2D eigenvalue weighted by atomic mass is 10.1. The van der Waals surface area contributed by atoms with Gasteiger partial charge in [0.2, 0.25) is 10.0 Å². The number of carbonyl (C=O) groups excluding carboxylic acids is 1. The van der Waals surface area contributed by atoms with Crippen LogP contribution >= 0.6 is 0 Å². The number of ether oxygens (including phenoxy) is 1. The van der Waals surface area contributed by atoms with Gasteiger partial charge in [-0.2, -0.15) is 4.31 Å².